The average Bonchev–Trinajstić information content (AvgIpc) is 2.95. The molecular formula is C15H18N2O3. The fraction of sp³-hybridized carbons (Fsp3) is 0.333. The molecule has 20 heavy (non-hydrogen) atoms. The van der Waals surface area contributed by atoms with Gasteiger partial charge in [0.05, 0.1) is 12.1 Å². The number of nitrogens with two attached hydrogens (primary N) is 1. The number of hydrogen-bond donors (Lipinski definition) is 1. The van der Waals surface area contributed by atoms with Crippen molar-refractivity contribution in [1.29, 1.82) is 0 Å². The van der Waals surface area contributed by atoms with Crippen molar-refractivity contribution in [2.45, 2.75) is 32.2 Å². The Balaban J connectivity index is 2.11. The molecule has 5 heteroatoms. The lowest BCUT2D eigenvalue weighted by molar-refractivity contribution is -0.402. The molecule has 1 aromatic heterocycles. The summed E-state index contributed by atoms with van der Waals surface area (Å²) in [4.78, 5) is 10.0. The standard InChI is InChI=1S/C15H18N2O3/c1-2-3-4-11-5-7-12(8-6-11)15(16)13-9-10-14(20-13)17(18)19/h5-10,15H,2-4,16H2,1H3. The normalized spacial score (nSPS) is 12.3. The molecule has 1 aromatic carbocycles. The Labute approximate surface area is 117 Å². The van der Waals surface area contributed by atoms with Crippen LogP contribution in [0.25, 0.3) is 0 Å². The van der Waals surface area contributed by atoms with Gasteiger partial charge in [-0.25, -0.2) is 0 Å². The molecule has 0 saturated carbocycles. The van der Waals surface area contributed by atoms with E-state index in [1.165, 1.54) is 11.6 Å². The maximum absolute atomic E-state index is 10.6. The molecule has 0 fully saturated rings. The second-order valence-electron chi connectivity index (χ2n) is 4.76. The number of nitro groups is 1. The summed E-state index contributed by atoms with van der Waals surface area (Å²) in [7, 11) is 0. The van der Waals surface area contributed by atoms with Gasteiger partial charge < -0.3 is 10.2 Å². The Kier molecular flexibility index (Phi) is 4.53. The van der Waals surface area contributed by atoms with E-state index in [4.69, 9.17) is 10.2 Å². The van der Waals surface area contributed by atoms with Gasteiger partial charge in [-0.3, -0.25) is 10.1 Å². The van der Waals surface area contributed by atoms with E-state index < -0.39 is 11.0 Å². The summed E-state index contributed by atoms with van der Waals surface area (Å²) in [5, 5.41) is 10.6. The highest BCUT2D eigenvalue weighted by Crippen LogP contribution is 2.25. The third kappa shape index (κ3) is 3.24. The van der Waals surface area contributed by atoms with E-state index >= 15 is 0 Å². The van der Waals surface area contributed by atoms with Crippen molar-refractivity contribution in [3.8, 4) is 0 Å². The number of benzene rings is 1. The third-order valence-electron chi connectivity index (χ3n) is 3.26. The van der Waals surface area contributed by atoms with Crippen molar-refractivity contribution >= 4 is 5.88 Å². The zero-order chi connectivity index (χ0) is 14.5. The van der Waals surface area contributed by atoms with E-state index in [-0.39, 0.29) is 5.88 Å². The molecule has 1 unspecified atom stereocenters. The zero-order valence-corrected chi connectivity index (χ0v) is 11.4. The Hall–Kier alpha value is -2.14. The predicted octanol–water partition coefficient (Wildman–Crippen LogP) is 3.58. The summed E-state index contributed by atoms with van der Waals surface area (Å²) >= 11 is 0. The zero-order valence-electron chi connectivity index (χ0n) is 11.4. The number of aryl methyl sites for hydroxylation is 1. The van der Waals surface area contributed by atoms with Gasteiger partial charge in [-0.15, -0.1) is 0 Å². The van der Waals surface area contributed by atoms with Gasteiger partial charge >= 0.3 is 5.88 Å². The molecule has 106 valence electrons. The van der Waals surface area contributed by atoms with Gasteiger partial charge in [0, 0.05) is 0 Å². The molecule has 1 atom stereocenters. The summed E-state index contributed by atoms with van der Waals surface area (Å²) in [6, 6.07) is 10.4. The summed E-state index contributed by atoms with van der Waals surface area (Å²) in [5.41, 5.74) is 8.22. The first-order valence-corrected chi connectivity index (χ1v) is 6.70. The van der Waals surface area contributed by atoms with Crippen LogP contribution in [0.5, 0.6) is 0 Å². The maximum atomic E-state index is 10.6. The molecule has 0 radical (unpaired) electrons. The second-order valence-corrected chi connectivity index (χ2v) is 4.76. The maximum Gasteiger partial charge on any atom is 0.433 e. The van der Waals surface area contributed by atoms with E-state index in [0.29, 0.717) is 5.76 Å². The molecule has 0 aliphatic carbocycles. The summed E-state index contributed by atoms with van der Waals surface area (Å²) < 4.78 is 5.13. The fourth-order valence-corrected chi connectivity index (χ4v) is 2.04. The van der Waals surface area contributed by atoms with Crippen molar-refractivity contribution in [1.82, 2.24) is 0 Å². The van der Waals surface area contributed by atoms with Crippen molar-refractivity contribution in [2.24, 2.45) is 5.73 Å². The van der Waals surface area contributed by atoms with Crippen LogP contribution in [0.4, 0.5) is 5.88 Å². The van der Waals surface area contributed by atoms with Crippen LogP contribution in [-0.2, 0) is 6.42 Å². The number of hydrogen-bond acceptors (Lipinski definition) is 4. The Morgan fingerprint density at radius 2 is 1.95 bits per heavy atom. The quantitative estimate of drug-likeness (QED) is 0.644. The third-order valence-corrected chi connectivity index (χ3v) is 3.26. The SMILES string of the molecule is CCCCc1ccc(C(N)c2ccc([N+](=O)[O-])o2)cc1. The van der Waals surface area contributed by atoms with E-state index in [0.717, 1.165) is 24.8 Å². The second kappa shape index (κ2) is 6.34. The van der Waals surface area contributed by atoms with E-state index in [2.05, 4.69) is 6.92 Å². The van der Waals surface area contributed by atoms with Gasteiger partial charge in [0.25, 0.3) is 0 Å². The molecule has 5 nitrogen and oxygen atoms in total. The van der Waals surface area contributed by atoms with Crippen LogP contribution < -0.4 is 5.73 Å². The number of nitrogens with zero attached hydrogens (tertiary/aromatic N) is 1. The molecule has 0 bridgehead atoms. The molecule has 2 N–H and O–H groups in total. The highest BCUT2D eigenvalue weighted by atomic mass is 16.6. The first-order chi connectivity index (χ1) is 9.61. The molecule has 1 heterocycles. The Morgan fingerprint density at radius 1 is 1.25 bits per heavy atom. The minimum Gasteiger partial charge on any atom is -0.404 e. The molecule has 0 aliphatic rings. The summed E-state index contributed by atoms with van der Waals surface area (Å²) in [5.74, 6) is 0.119. The molecular weight excluding hydrogens is 256 g/mol. The molecule has 0 aliphatic heterocycles. The minimum absolute atomic E-state index is 0.282. The van der Waals surface area contributed by atoms with Gasteiger partial charge in [0.1, 0.15) is 10.7 Å². The van der Waals surface area contributed by atoms with E-state index in [1.807, 2.05) is 24.3 Å². The fourth-order valence-electron chi connectivity index (χ4n) is 2.04. The highest BCUT2D eigenvalue weighted by molar-refractivity contribution is 5.31. The Morgan fingerprint density at radius 3 is 2.50 bits per heavy atom. The summed E-state index contributed by atoms with van der Waals surface area (Å²) in [6.07, 6.45) is 3.38. The van der Waals surface area contributed by atoms with Gasteiger partial charge in [-0.1, -0.05) is 37.6 Å². The molecule has 0 amide bonds. The van der Waals surface area contributed by atoms with Crippen molar-refractivity contribution < 1.29 is 9.34 Å². The van der Waals surface area contributed by atoms with Crippen LogP contribution in [0.2, 0.25) is 0 Å². The summed E-state index contributed by atoms with van der Waals surface area (Å²) in [6.45, 7) is 2.16. The van der Waals surface area contributed by atoms with Crippen molar-refractivity contribution in [2.75, 3.05) is 0 Å². The largest absolute Gasteiger partial charge is 0.433 e. The van der Waals surface area contributed by atoms with Crippen LogP contribution >= 0.6 is 0 Å². The topological polar surface area (TPSA) is 82.3 Å². The van der Waals surface area contributed by atoms with Crippen molar-refractivity contribution in [3.63, 3.8) is 0 Å². The molecule has 2 aromatic rings. The van der Waals surface area contributed by atoms with Gasteiger partial charge in [-0.2, -0.15) is 0 Å². The van der Waals surface area contributed by atoms with Crippen LogP contribution in [0.15, 0.2) is 40.8 Å². The van der Waals surface area contributed by atoms with Crippen LogP contribution in [0.3, 0.4) is 0 Å². The molecule has 2 rings (SSSR count). The highest BCUT2D eigenvalue weighted by Gasteiger charge is 2.18. The first kappa shape index (κ1) is 14.3. The lowest BCUT2D eigenvalue weighted by Crippen LogP contribution is -2.10. The molecule has 0 saturated heterocycles. The van der Waals surface area contributed by atoms with Crippen LogP contribution in [0, 0.1) is 10.1 Å². The van der Waals surface area contributed by atoms with Crippen LogP contribution in [-0.4, -0.2) is 4.92 Å². The molecule has 0 spiro atoms. The number of unbranched alkanes of at least 4 members (excludes halogenated alkanes) is 1. The Bertz CT molecular complexity index is 575. The minimum atomic E-state index is -0.565. The van der Waals surface area contributed by atoms with Crippen molar-refractivity contribution in [3.05, 3.63) is 63.4 Å². The lowest BCUT2D eigenvalue weighted by atomic mass is 10.0. The monoisotopic (exact) mass is 274 g/mol. The first-order valence-electron chi connectivity index (χ1n) is 6.70. The number of furan rings is 1. The van der Waals surface area contributed by atoms with Gasteiger partial charge in [0.15, 0.2) is 0 Å². The predicted molar refractivity (Wildman–Crippen MR) is 76.4 cm³/mol. The van der Waals surface area contributed by atoms with Gasteiger partial charge in [0.2, 0.25) is 0 Å². The van der Waals surface area contributed by atoms with E-state index in [1.54, 1.807) is 6.07 Å². The van der Waals surface area contributed by atoms with Crippen LogP contribution in [0.1, 0.15) is 42.7 Å². The van der Waals surface area contributed by atoms with E-state index in [9.17, 15) is 10.1 Å². The smallest absolute Gasteiger partial charge is 0.404 e. The lowest BCUT2D eigenvalue weighted by Gasteiger charge is -2.09. The number of rotatable bonds is 6. The van der Waals surface area contributed by atoms with Gasteiger partial charge in [-0.05, 0) is 30.0 Å². The average molecular weight is 274 g/mol.